The SMILES string of the molecule is Sc1c(Br)c(CBr)cc2sccc12. The van der Waals surface area contributed by atoms with E-state index in [4.69, 9.17) is 0 Å². The van der Waals surface area contributed by atoms with Crippen LogP contribution in [0.25, 0.3) is 10.1 Å². The van der Waals surface area contributed by atoms with Crippen LogP contribution < -0.4 is 0 Å². The zero-order valence-corrected chi connectivity index (χ0v) is 11.4. The predicted octanol–water partition coefficient (Wildman–Crippen LogP) is 4.85. The van der Waals surface area contributed by atoms with E-state index in [0.29, 0.717) is 0 Å². The number of hydrogen-bond acceptors (Lipinski definition) is 2. The van der Waals surface area contributed by atoms with Gasteiger partial charge in [0.1, 0.15) is 0 Å². The molecular formula is C9H6Br2S2. The molecule has 0 atom stereocenters. The third-order valence-corrected chi connectivity index (χ3v) is 5.03. The van der Waals surface area contributed by atoms with Crippen molar-refractivity contribution in [3.05, 3.63) is 27.5 Å². The lowest BCUT2D eigenvalue weighted by Gasteiger charge is -2.04. The highest BCUT2D eigenvalue weighted by Crippen LogP contribution is 2.36. The van der Waals surface area contributed by atoms with Crippen LogP contribution in [0.2, 0.25) is 0 Å². The number of benzene rings is 1. The molecule has 0 aliphatic rings. The number of hydrogen-bond donors (Lipinski definition) is 1. The maximum absolute atomic E-state index is 4.49. The van der Waals surface area contributed by atoms with Gasteiger partial charge in [-0.3, -0.25) is 0 Å². The van der Waals surface area contributed by atoms with E-state index in [0.717, 1.165) is 14.7 Å². The Labute approximate surface area is 103 Å². The van der Waals surface area contributed by atoms with Crippen LogP contribution in [0.3, 0.4) is 0 Å². The molecule has 0 amide bonds. The molecule has 0 fully saturated rings. The van der Waals surface area contributed by atoms with Gasteiger partial charge in [0.2, 0.25) is 0 Å². The minimum atomic E-state index is 0.856. The van der Waals surface area contributed by atoms with Crippen LogP contribution in [0.5, 0.6) is 0 Å². The van der Waals surface area contributed by atoms with Gasteiger partial charge >= 0.3 is 0 Å². The first kappa shape index (κ1) is 10.0. The maximum atomic E-state index is 4.49. The normalized spacial score (nSPS) is 11.0. The standard InChI is InChI=1S/C9H6Br2S2/c10-4-5-3-7-6(1-2-13-7)9(12)8(5)11/h1-3,12H,4H2. The molecular weight excluding hydrogens is 332 g/mol. The number of rotatable bonds is 1. The molecule has 2 aromatic rings. The third kappa shape index (κ3) is 1.69. The van der Waals surface area contributed by atoms with E-state index in [-0.39, 0.29) is 0 Å². The lowest BCUT2D eigenvalue weighted by Crippen LogP contribution is -1.82. The summed E-state index contributed by atoms with van der Waals surface area (Å²) in [6, 6.07) is 4.30. The van der Waals surface area contributed by atoms with Crippen molar-refractivity contribution in [1.29, 1.82) is 0 Å². The number of thiophene rings is 1. The highest BCUT2D eigenvalue weighted by Gasteiger charge is 2.08. The van der Waals surface area contributed by atoms with Gasteiger partial charge in [-0.15, -0.1) is 24.0 Å². The molecule has 0 spiro atoms. The van der Waals surface area contributed by atoms with E-state index in [9.17, 15) is 0 Å². The fraction of sp³-hybridized carbons (Fsp3) is 0.111. The number of halogens is 2. The quantitative estimate of drug-likeness (QED) is 0.558. The summed E-state index contributed by atoms with van der Waals surface area (Å²) in [6.07, 6.45) is 0. The summed E-state index contributed by atoms with van der Waals surface area (Å²) < 4.78 is 2.39. The molecule has 0 aliphatic heterocycles. The molecule has 0 bridgehead atoms. The van der Waals surface area contributed by atoms with E-state index in [1.807, 2.05) is 0 Å². The van der Waals surface area contributed by atoms with Gasteiger partial charge in [-0.25, -0.2) is 0 Å². The summed E-state index contributed by atoms with van der Waals surface area (Å²) in [6.45, 7) is 0. The van der Waals surface area contributed by atoms with Crippen molar-refractivity contribution in [1.82, 2.24) is 0 Å². The molecule has 0 saturated carbocycles. The fourth-order valence-electron chi connectivity index (χ4n) is 1.22. The second kappa shape index (κ2) is 3.93. The summed E-state index contributed by atoms with van der Waals surface area (Å²) in [7, 11) is 0. The molecule has 0 aliphatic carbocycles. The van der Waals surface area contributed by atoms with Crippen molar-refractivity contribution in [3.8, 4) is 0 Å². The molecule has 4 heteroatoms. The second-order valence-corrected chi connectivity index (χ2v) is 5.41. The van der Waals surface area contributed by atoms with Crippen LogP contribution in [0.4, 0.5) is 0 Å². The van der Waals surface area contributed by atoms with Gasteiger partial charge in [0, 0.05) is 24.8 Å². The first-order valence-electron chi connectivity index (χ1n) is 3.67. The fourth-order valence-corrected chi connectivity index (χ4v) is 3.78. The summed E-state index contributed by atoms with van der Waals surface area (Å²) >= 11 is 13.2. The molecule has 1 heterocycles. The molecule has 1 aromatic heterocycles. The zero-order chi connectivity index (χ0) is 9.42. The van der Waals surface area contributed by atoms with Crippen LogP contribution in [-0.2, 0) is 5.33 Å². The average molecular weight is 338 g/mol. The predicted molar refractivity (Wildman–Crippen MR) is 69.4 cm³/mol. The van der Waals surface area contributed by atoms with Gasteiger partial charge < -0.3 is 0 Å². The van der Waals surface area contributed by atoms with Crippen LogP contribution in [-0.4, -0.2) is 0 Å². The molecule has 1 aromatic carbocycles. The molecule has 0 N–H and O–H groups in total. The van der Waals surface area contributed by atoms with Crippen molar-refractivity contribution < 1.29 is 0 Å². The Bertz CT molecular complexity index is 448. The molecule has 0 radical (unpaired) electrons. The Morgan fingerprint density at radius 3 is 2.92 bits per heavy atom. The Hall–Kier alpha value is 0.490. The number of fused-ring (bicyclic) bond motifs is 1. The molecule has 0 saturated heterocycles. The van der Waals surface area contributed by atoms with Crippen LogP contribution >= 0.6 is 55.8 Å². The third-order valence-electron chi connectivity index (χ3n) is 1.89. The first-order valence-corrected chi connectivity index (χ1v) is 6.91. The molecule has 2 rings (SSSR count). The van der Waals surface area contributed by atoms with E-state index in [2.05, 4.69) is 62.0 Å². The van der Waals surface area contributed by atoms with Crippen molar-refractivity contribution in [2.75, 3.05) is 0 Å². The van der Waals surface area contributed by atoms with Crippen molar-refractivity contribution >= 4 is 65.9 Å². The zero-order valence-electron chi connectivity index (χ0n) is 6.55. The number of thiol groups is 1. The second-order valence-electron chi connectivity index (χ2n) is 2.66. The Kier molecular flexibility index (Phi) is 3.03. The summed E-state index contributed by atoms with van der Waals surface area (Å²) in [4.78, 5) is 1.04. The molecule has 13 heavy (non-hydrogen) atoms. The summed E-state index contributed by atoms with van der Waals surface area (Å²) in [5.74, 6) is 0. The highest BCUT2D eigenvalue weighted by molar-refractivity contribution is 9.10. The van der Waals surface area contributed by atoms with Gasteiger partial charge in [0.05, 0.1) is 0 Å². The maximum Gasteiger partial charge on any atom is 0.0357 e. The molecule has 68 valence electrons. The van der Waals surface area contributed by atoms with Gasteiger partial charge in [0.15, 0.2) is 0 Å². The minimum absolute atomic E-state index is 0.856. The number of alkyl halides is 1. The first-order chi connectivity index (χ1) is 6.24. The van der Waals surface area contributed by atoms with Crippen molar-refractivity contribution in [2.24, 2.45) is 0 Å². The summed E-state index contributed by atoms with van der Waals surface area (Å²) in [5, 5.41) is 4.18. The van der Waals surface area contributed by atoms with E-state index in [1.165, 1.54) is 15.6 Å². The van der Waals surface area contributed by atoms with Crippen molar-refractivity contribution in [3.63, 3.8) is 0 Å². The van der Waals surface area contributed by atoms with Crippen molar-refractivity contribution in [2.45, 2.75) is 10.2 Å². The van der Waals surface area contributed by atoms with E-state index >= 15 is 0 Å². The van der Waals surface area contributed by atoms with Gasteiger partial charge in [-0.05, 0) is 39.0 Å². The van der Waals surface area contributed by atoms with Gasteiger partial charge in [0.25, 0.3) is 0 Å². The largest absolute Gasteiger partial charge is 0.144 e. The monoisotopic (exact) mass is 336 g/mol. The van der Waals surface area contributed by atoms with E-state index < -0.39 is 0 Å². The van der Waals surface area contributed by atoms with E-state index in [1.54, 1.807) is 11.3 Å². The van der Waals surface area contributed by atoms with Crippen LogP contribution in [0.1, 0.15) is 5.56 Å². The smallest absolute Gasteiger partial charge is 0.0357 e. The van der Waals surface area contributed by atoms with Crippen LogP contribution in [0.15, 0.2) is 26.9 Å². The average Bonchev–Trinajstić information content (AvgIpc) is 2.59. The molecule has 0 unspecified atom stereocenters. The highest BCUT2D eigenvalue weighted by atomic mass is 79.9. The molecule has 0 nitrogen and oxygen atoms in total. The minimum Gasteiger partial charge on any atom is -0.144 e. The Morgan fingerprint density at radius 2 is 2.23 bits per heavy atom. The lowest BCUT2D eigenvalue weighted by atomic mass is 10.2. The lowest BCUT2D eigenvalue weighted by molar-refractivity contribution is 1.35. The Balaban J connectivity index is 2.83. The summed E-state index contributed by atoms with van der Waals surface area (Å²) in [5.41, 5.74) is 1.25. The van der Waals surface area contributed by atoms with Gasteiger partial charge in [-0.1, -0.05) is 15.9 Å². The topological polar surface area (TPSA) is 0 Å². The van der Waals surface area contributed by atoms with Gasteiger partial charge in [-0.2, -0.15) is 0 Å². The Morgan fingerprint density at radius 1 is 1.46 bits per heavy atom. The van der Waals surface area contributed by atoms with Crippen LogP contribution in [0, 0.1) is 0 Å².